The van der Waals surface area contributed by atoms with Gasteiger partial charge >= 0.3 is 5.97 Å². The molecule has 0 amide bonds. The van der Waals surface area contributed by atoms with E-state index >= 15 is 0 Å². The number of nitrogens with zero attached hydrogens (tertiary/aromatic N) is 2. The van der Waals surface area contributed by atoms with Crippen LogP contribution in [-0.4, -0.2) is 29.1 Å². The van der Waals surface area contributed by atoms with Gasteiger partial charge < -0.3 is 14.4 Å². The topological polar surface area (TPSA) is 66.6 Å². The number of aryl methyl sites for hydroxylation is 1. The summed E-state index contributed by atoms with van der Waals surface area (Å²) in [5.74, 6) is 0.302. The second-order valence-electron chi connectivity index (χ2n) is 4.55. The van der Waals surface area contributed by atoms with E-state index in [0.717, 1.165) is 18.9 Å². The predicted molar refractivity (Wildman–Crippen MR) is 67.2 cm³/mol. The first kappa shape index (κ1) is 11.1. The van der Waals surface area contributed by atoms with Gasteiger partial charge in [0.25, 0.3) is 0 Å². The highest BCUT2D eigenvalue weighted by atomic mass is 16.4. The van der Waals surface area contributed by atoms with E-state index in [1.165, 1.54) is 12.8 Å². The Morgan fingerprint density at radius 1 is 1.39 bits per heavy atom. The molecule has 0 bridgehead atoms. The van der Waals surface area contributed by atoms with E-state index in [0.29, 0.717) is 16.9 Å². The molecule has 5 heteroatoms. The van der Waals surface area contributed by atoms with Crippen molar-refractivity contribution in [2.45, 2.75) is 19.8 Å². The van der Waals surface area contributed by atoms with Gasteiger partial charge in [0.15, 0.2) is 0 Å². The van der Waals surface area contributed by atoms with Gasteiger partial charge in [-0.05, 0) is 31.9 Å². The fourth-order valence-corrected chi connectivity index (χ4v) is 2.47. The number of fused-ring (bicyclic) bond motifs is 1. The molecule has 2 aromatic heterocycles. The minimum absolute atomic E-state index is 0.213. The summed E-state index contributed by atoms with van der Waals surface area (Å²) >= 11 is 0. The maximum atomic E-state index is 11.1. The van der Waals surface area contributed by atoms with Crippen molar-refractivity contribution in [2.75, 3.05) is 18.0 Å². The highest BCUT2D eigenvalue weighted by molar-refractivity contribution is 6.02. The second-order valence-corrected chi connectivity index (χ2v) is 4.55. The monoisotopic (exact) mass is 246 g/mol. The third-order valence-corrected chi connectivity index (χ3v) is 3.36. The molecule has 18 heavy (non-hydrogen) atoms. The van der Waals surface area contributed by atoms with Gasteiger partial charge in [-0.15, -0.1) is 0 Å². The Balaban J connectivity index is 2.10. The minimum atomic E-state index is -0.970. The van der Waals surface area contributed by atoms with Crippen LogP contribution >= 0.6 is 0 Å². The lowest BCUT2D eigenvalue weighted by Crippen LogP contribution is -2.18. The van der Waals surface area contributed by atoms with Gasteiger partial charge in [0.2, 0.25) is 5.71 Å². The predicted octanol–water partition coefficient (Wildman–Crippen LogP) is 2.43. The van der Waals surface area contributed by atoms with Crippen molar-refractivity contribution < 1.29 is 14.3 Å². The summed E-state index contributed by atoms with van der Waals surface area (Å²) in [5, 5.41) is 9.71. The average Bonchev–Trinajstić information content (AvgIpc) is 2.92. The van der Waals surface area contributed by atoms with Gasteiger partial charge in [0, 0.05) is 13.1 Å². The van der Waals surface area contributed by atoms with Crippen molar-refractivity contribution in [3.05, 3.63) is 23.5 Å². The Labute approximate surface area is 104 Å². The Bertz CT molecular complexity index is 612. The van der Waals surface area contributed by atoms with Crippen LogP contribution in [0.5, 0.6) is 0 Å². The zero-order chi connectivity index (χ0) is 12.7. The molecule has 1 saturated heterocycles. The number of furan rings is 1. The number of carboxylic acids is 1. The Kier molecular flexibility index (Phi) is 2.47. The van der Waals surface area contributed by atoms with Crippen LogP contribution in [0, 0.1) is 6.92 Å². The number of aromatic carboxylic acids is 1. The molecule has 0 aliphatic carbocycles. The molecule has 0 atom stereocenters. The molecule has 0 unspecified atom stereocenters. The Morgan fingerprint density at radius 3 is 2.78 bits per heavy atom. The van der Waals surface area contributed by atoms with Crippen molar-refractivity contribution in [3.63, 3.8) is 0 Å². The summed E-state index contributed by atoms with van der Waals surface area (Å²) in [7, 11) is 0. The van der Waals surface area contributed by atoms with E-state index in [4.69, 9.17) is 9.52 Å². The highest BCUT2D eigenvalue weighted by Gasteiger charge is 2.20. The van der Waals surface area contributed by atoms with Gasteiger partial charge in [0.1, 0.15) is 17.1 Å². The quantitative estimate of drug-likeness (QED) is 0.881. The first-order valence-corrected chi connectivity index (χ1v) is 6.05. The van der Waals surface area contributed by atoms with E-state index in [2.05, 4.69) is 9.88 Å². The van der Waals surface area contributed by atoms with Crippen LogP contribution < -0.4 is 4.90 Å². The van der Waals surface area contributed by atoms with Crippen LogP contribution in [0.15, 0.2) is 16.5 Å². The van der Waals surface area contributed by atoms with Gasteiger partial charge in [0.05, 0.1) is 5.39 Å². The molecule has 1 N–H and O–H groups in total. The first-order chi connectivity index (χ1) is 8.66. The van der Waals surface area contributed by atoms with Crippen molar-refractivity contribution in [1.29, 1.82) is 0 Å². The van der Waals surface area contributed by atoms with Crippen molar-refractivity contribution >= 4 is 22.9 Å². The molecule has 3 rings (SSSR count). The molecule has 0 spiro atoms. The molecule has 1 fully saturated rings. The van der Waals surface area contributed by atoms with E-state index in [1.54, 1.807) is 13.0 Å². The number of carboxylic acid groups (broad SMARTS) is 1. The lowest BCUT2D eigenvalue weighted by molar-refractivity contribution is 0.0697. The number of anilines is 1. The number of carbonyl (C=O) groups is 1. The molecule has 3 heterocycles. The molecule has 94 valence electrons. The van der Waals surface area contributed by atoms with Crippen LogP contribution in [0.3, 0.4) is 0 Å². The summed E-state index contributed by atoms with van der Waals surface area (Å²) in [6.45, 7) is 3.66. The highest BCUT2D eigenvalue weighted by Crippen LogP contribution is 2.27. The normalized spacial score (nSPS) is 15.5. The van der Waals surface area contributed by atoms with E-state index in [-0.39, 0.29) is 5.56 Å². The number of hydrogen-bond acceptors (Lipinski definition) is 4. The molecular weight excluding hydrogens is 232 g/mol. The van der Waals surface area contributed by atoms with Gasteiger partial charge in [-0.1, -0.05) is 0 Å². The molecular formula is C13H14N2O3. The number of hydrogen-bond donors (Lipinski definition) is 1. The average molecular weight is 246 g/mol. The summed E-state index contributed by atoms with van der Waals surface area (Å²) in [6, 6.07) is 3.66. The molecule has 0 radical (unpaired) electrons. The second kappa shape index (κ2) is 4.01. The zero-order valence-corrected chi connectivity index (χ0v) is 10.1. The first-order valence-electron chi connectivity index (χ1n) is 6.05. The molecule has 0 saturated carbocycles. The smallest absolute Gasteiger partial charge is 0.339 e. The van der Waals surface area contributed by atoms with Crippen LogP contribution in [0.4, 0.5) is 5.82 Å². The van der Waals surface area contributed by atoms with Gasteiger partial charge in [-0.3, -0.25) is 0 Å². The van der Waals surface area contributed by atoms with Crippen molar-refractivity contribution in [3.8, 4) is 0 Å². The van der Waals surface area contributed by atoms with Gasteiger partial charge in [-0.25, -0.2) is 4.79 Å². The standard InChI is InChI=1S/C13H14N2O3/c1-8-11(13(16)17)9-4-5-10(14-12(9)18-8)15-6-2-3-7-15/h4-5H,2-3,6-7H2,1H3,(H,16,17). The largest absolute Gasteiger partial charge is 0.478 e. The lowest BCUT2D eigenvalue weighted by Gasteiger charge is -2.15. The number of aromatic nitrogens is 1. The summed E-state index contributed by atoms with van der Waals surface area (Å²) < 4.78 is 5.44. The van der Waals surface area contributed by atoms with Crippen LogP contribution in [-0.2, 0) is 0 Å². The van der Waals surface area contributed by atoms with Crippen LogP contribution in [0.2, 0.25) is 0 Å². The van der Waals surface area contributed by atoms with Crippen LogP contribution in [0.25, 0.3) is 11.1 Å². The Morgan fingerprint density at radius 2 is 2.11 bits per heavy atom. The minimum Gasteiger partial charge on any atom is -0.478 e. The third kappa shape index (κ3) is 1.63. The van der Waals surface area contributed by atoms with E-state index in [1.807, 2.05) is 6.07 Å². The SMILES string of the molecule is Cc1oc2nc(N3CCCC3)ccc2c1C(=O)O. The Hall–Kier alpha value is -2.04. The van der Waals surface area contributed by atoms with E-state index < -0.39 is 5.97 Å². The maximum Gasteiger partial charge on any atom is 0.339 e. The number of pyridine rings is 1. The zero-order valence-electron chi connectivity index (χ0n) is 10.1. The van der Waals surface area contributed by atoms with Crippen molar-refractivity contribution in [1.82, 2.24) is 4.98 Å². The summed E-state index contributed by atoms with van der Waals surface area (Å²) in [6.07, 6.45) is 2.36. The molecule has 2 aromatic rings. The summed E-state index contributed by atoms with van der Waals surface area (Å²) in [5.41, 5.74) is 0.625. The molecule has 1 aliphatic heterocycles. The third-order valence-electron chi connectivity index (χ3n) is 3.36. The van der Waals surface area contributed by atoms with E-state index in [9.17, 15) is 4.79 Å². The van der Waals surface area contributed by atoms with Crippen molar-refractivity contribution in [2.24, 2.45) is 0 Å². The fraction of sp³-hybridized carbons (Fsp3) is 0.385. The molecule has 5 nitrogen and oxygen atoms in total. The fourth-order valence-electron chi connectivity index (χ4n) is 2.47. The molecule has 1 aliphatic rings. The van der Waals surface area contributed by atoms with Gasteiger partial charge in [-0.2, -0.15) is 4.98 Å². The lowest BCUT2D eigenvalue weighted by atomic mass is 10.2. The number of rotatable bonds is 2. The maximum absolute atomic E-state index is 11.1. The van der Waals surface area contributed by atoms with Crippen LogP contribution in [0.1, 0.15) is 29.0 Å². The summed E-state index contributed by atoms with van der Waals surface area (Å²) in [4.78, 5) is 17.7. The molecule has 0 aromatic carbocycles.